The van der Waals surface area contributed by atoms with Crippen molar-refractivity contribution in [3.05, 3.63) is 69.7 Å². The zero-order valence-corrected chi connectivity index (χ0v) is 16.7. The van der Waals surface area contributed by atoms with Crippen LogP contribution in [0.3, 0.4) is 0 Å². The number of piperidine rings is 1. The Kier molecular flexibility index (Phi) is 5.72. The molecule has 0 saturated carbocycles. The molecule has 0 aromatic heterocycles. The van der Waals surface area contributed by atoms with Crippen molar-refractivity contribution in [1.29, 1.82) is 0 Å². The molecule has 4 rings (SSSR count). The summed E-state index contributed by atoms with van der Waals surface area (Å²) in [6, 6.07) is 17.0. The Hall–Kier alpha value is -1.55. The smallest absolute Gasteiger partial charge is 0.224 e. The van der Waals surface area contributed by atoms with E-state index in [0.717, 1.165) is 30.0 Å². The number of carbonyl (C=O) groups is 1. The second-order valence-electron chi connectivity index (χ2n) is 7.73. The molecule has 3 nitrogen and oxygen atoms in total. The van der Waals surface area contributed by atoms with E-state index in [9.17, 15) is 4.79 Å². The van der Waals surface area contributed by atoms with Gasteiger partial charge >= 0.3 is 0 Å². The molecule has 2 saturated heterocycles. The highest BCUT2D eigenvalue weighted by Gasteiger charge is 2.40. The van der Waals surface area contributed by atoms with E-state index in [0.29, 0.717) is 23.5 Å². The first-order valence-corrected chi connectivity index (χ1v) is 10.4. The number of rotatable bonds is 5. The molecule has 0 radical (unpaired) electrons. The summed E-state index contributed by atoms with van der Waals surface area (Å²) in [6.07, 6.45) is 4.90. The van der Waals surface area contributed by atoms with Crippen molar-refractivity contribution in [2.75, 3.05) is 0 Å². The van der Waals surface area contributed by atoms with Gasteiger partial charge in [-0.15, -0.1) is 0 Å². The summed E-state index contributed by atoms with van der Waals surface area (Å²) in [5.74, 6) is 0.0906. The van der Waals surface area contributed by atoms with Crippen LogP contribution in [0.15, 0.2) is 48.5 Å². The van der Waals surface area contributed by atoms with Crippen molar-refractivity contribution in [3.8, 4) is 0 Å². The zero-order valence-electron chi connectivity index (χ0n) is 15.2. The highest BCUT2D eigenvalue weighted by atomic mass is 35.5. The minimum atomic E-state index is 0.0906. The number of hydrogen-bond acceptors (Lipinski definition) is 2. The van der Waals surface area contributed by atoms with Gasteiger partial charge in [0.25, 0.3) is 0 Å². The fraction of sp³-hybridized carbons (Fsp3) is 0.409. The lowest BCUT2D eigenvalue weighted by molar-refractivity contribution is -0.121. The molecule has 2 bridgehead atoms. The molecule has 2 aromatic rings. The average Bonchev–Trinajstić information content (AvgIpc) is 2.86. The van der Waals surface area contributed by atoms with Gasteiger partial charge in [0.2, 0.25) is 5.91 Å². The fourth-order valence-corrected chi connectivity index (χ4v) is 4.90. The van der Waals surface area contributed by atoms with Crippen LogP contribution in [0, 0.1) is 0 Å². The lowest BCUT2D eigenvalue weighted by Crippen LogP contribution is -2.50. The summed E-state index contributed by atoms with van der Waals surface area (Å²) in [4.78, 5) is 15.1. The van der Waals surface area contributed by atoms with Crippen LogP contribution in [-0.4, -0.2) is 28.9 Å². The third-order valence-electron chi connectivity index (χ3n) is 5.78. The van der Waals surface area contributed by atoms with Gasteiger partial charge in [-0.3, -0.25) is 9.69 Å². The summed E-state index contributed by atoms with van der Waals surface area (Å²) >= 11 is 12.0. The van der Waals surface area contributed by atoms with E-state index in [1.165, 1.54) is 18.4 Å². The maximum atomic E-state index is 12.4. The largest absolute Gasteiger partial charge is 0.353 e. The molecule has 0 aliphatic carbocycles. The van der Waals surface area contributed by atoms with Crippen molar-refractivity contribution in [1.82, 2.24) is 10.2 Å². The van der Waals surface area contributed by atoms with Crippen molar-refractivity contribution in [3.63, 3.8) is 0 Å². The summed E-state index contributed by atoms with van der Waals surface area (Å²) in [5, 5.41) is 4.71. The number of benzene rings is 2. The number of amides is 1. The van der Waals surface area contributed by atoms with Gasteiger partial charge in [-0.2, -0.15) is 0 Å². The monoisotopic (exact) mass is 402 g/mol. The number of halogens is 2. The van der Waals surface area contributed by atoms with E-state index in [2.05, 4.69) is 22.3 Å². The Morgan fingerprint density at radius 3 is 2.33 bits per heavy atom. The van der Waals surface area contributed by atoms with Crippen LogP contribution in [0.2, 0.25) is 10.0 Å². The SMILES string of the molecule is O=C(Cc1cccc(Cl)c1)N[C@H]1C[C@H]2CC[C@@H](C1)N2Cc1ccc(Cl)cc1. The molecule has 2 aliphatic heterocycles. The Morgan fingerprint density at radius 2 is 1.67 bits per heavy atom. The minimum absolute atomic E-state index is 0.0906. The normalized spacial score (nSPS) is 24.7. The summed E-state index contributed by atoms with van der Waals surface area (Å²) < 4.78 is 0. The Morgan fingerprint density at radius 1 is 0.963 bits per heavy atom. The number of carbonyl (C=O) groups excluding carboxylic acids is 1. The third-order valence-corrected chi connectivity index (χ3v) is 6.27. The molecule has 0 unspecified atom stereocenters. The van der Waals surface area contributed by atoms with Gasteiger partial charge in [0, 0.05) is 34.7 Å². The molecule has 2 fully saturated rings. The predicted octanol–water partition coefficient (Wildman–Crippen LogP) is 4.85. The van der Waals surface area contributed by atoms with E-state index < -0.39 is 0 Å². The topological polar surface area (TPSA) is 32.3 Å². The van der Waals surface area contributed by atoms with Crippen molar-refractivity contribution in [2.24, 2.45) is 0 Å². The Bertz CT molecular complexity index is 794. The van der Waals surface area contributed by atoms with Gasteiger partial charge in [0.15, 0.2) is 0 Å². The van der Waals surface area contributed by atoms with E-state index in [1.807, 2.05) is 36.4 Å². The maximum Gasteiger partial charge on any atom is 0.224 e. The fourth-order valence-electron chi connectivity index (χ4n) is 4.56. The van der Waals surface area contributed by atoms with Crippen LogP contribution < -0.4 is 5.32 Å². The second kappa shape index (κ2) is 8.22. The molecule has 1 amide bonds. The quantitative estimate of drug-likeness (QED) is 0.774. The molecule has 0 spiro atoms. The zero-order chi connectivity index (χ0) is 18.8. The Labute approximate surface area is 170 Å². The highest BCUT2D eigenvalue weighted by molar-refractivity contribution is 6.30. The summed E-state index contributed by atoms with van der Waals surface area (Å²) in [5.41, 5.74) is 2.27. The van der Waals surface area contributed by atoms with Gasteiger partial charge in [0.1, 0.15) is 0 Å². The minimum Gasteiger partial charge on any atom is -0.353 e. The third kappa shape index (κ3) is 4.66. The summed E-state index contributed by atoms with van der Waals surface area (Å²) in [6.45, 7) is 0.968. The lowest BCUT2D eigenvalue weighted by atomic mass is 9.96. The van der Waals surface area contributed by atoms with Crippen LogP contribution >= 0.6 is 23.2 Å². The molecule has 142 valence electrons. The molecule has 1 N–H and O–H groups in total. The first-order chi connectivity index (χ1) is 13.1. The van der Waals surface area contributed by atoms with Crippen molar-refractivity contribution in [2.45, 2.75) is 56.8 Å². The molecular formula is C22H24Cl2N2O. The average molecular weight is 403 g/mol. The van der Waals surface area contributed by atoms with Crippen LogP contribution in [0.5, 0.6) is 0 Å². The van der Waals surface area contributed by atoms with Crippen LogP contribution in [-0.2, 0) is 17.8 Å². The first kappa shape index (κ1) is 18.8. The van der Waals surface area contributed by atoms with Crippen LogP contribution in [0.25, 0.3) is 0 Å². The van der Waals surface area contributed by atoms with E-state index >= 15 is 0 Å². The molecule has 2 aliphatic rings. The molecule has 2 aromatic carbocycles. The second-order valence-corrected chi connectivity index (χ2v) is 8.60. The molecule has 27 heavy (non-hydrogen) atoms. The van der Waals surface area contributed by atoms with Crippen molar-refractivity contribution < 1.29 is 4.79 Å². The van der Waals surface area contributed by atoms with Gasteiger partial charge in [-0.1, -0.05) is 47.5 Å². The number of fused-ring (bicyclic) bond motifs is 2. The van der Waals surface area contributed by atoms with Gasteiger partial charge in [-0.05, 0) is 61.1 Å². The molecule has 5 heteroatoms. The van der Waals surface area contributed by atoms with Gasteiger partial charge in [0.05, 0.1) is 6.42 Å². The van der Waals surface area contributed by atoms with Gasteiger partial charge in [-0.25, -0.2) is 0 Å². The molecule has 3 atom stereocenters. The Balaban J connectivity index is 1.33. The number of nitrogens with one attached hydrogen (secondary N) is 1. The van der Waals surface area contributed by atoms with E-state index in [1.54, 1.807) is 0 Å². The molecule has 2 heterocycles. The summed E-state index contributed by atoms with van der Waals surface area (Å²) in [7, 11) is 0. The van der Waals surface area contributed by atoms with Crippen LogP contribution in [0.4, 0.5) is 0 Å². The van der Waals surface area contributed by atoms with Crippen LogP contribution in [0.1, 0.15) is 36.8 Å². The maximum absolute atomic E-state index is 12.4. The van der Waals surface area contributed by atoms with Gasteiger partial charge < -0.3 is 5.32 Å². The van der Waals surface area contributed by atoms with Crippen molar-refractivity contribution >= 4 is 29.1 Å². The number of hydrogen-bond donors (Lipinski definition) is 1. The van der Waals surface area contributed by atoms with E-state index in [4.69, 9.17) is 23.2 Å². The first-order valence-electron chi connectivity index (χ1n) is 9.61. The predicted molar refractivity (Wildman–Crippen MR) is 110 cm³/mol. The lowest BCUT2D eigenvalue weighted by Gasteiger charge is -2.39. The molecular weight excluding hydrogens is 379 g/mol. The standard InChI is InChI=1S/C22H24Cl2N2O/c23-17-6-4-15(5-7-17)14-26-20-8-9-21(26)13-19(12-20)25-22(27)11-16-2-1-3-18(24)10-16/h1-7,10,19-21H,8-9,11-14H2,(H,25,27)/t19-,20+,21-. The number of nitrogens with zero attached hydrogens (tertiary/aromatic N) is 1. The van der Waals surface area contributed by atoms with E-state index in [-0.39, 0.29) is 11.9 Å². The highest BCUT2D eigenvalue weighted by Crippen LogP contribution is 2.37.